The summed E-state index contributed by atoms with van der Waals surface area (Å²) in [6.45, 7) is 8.32. The molecule has 28 heavy (non-hydrogen) atoms. The van der Waals surface area contributed by atoms with Gasteiger partial charge in [0.25, 0.3) is 0 Å². The lowest BCUT2D eigenvalue weighted by atomic mass is 10.1. The third kappa shape index (κ3) is 8.53. The number of benzene rings is 1. The largest absolute Gasteiger partial charge is 0.489 e. The van der Waals surface area contributed by atoms with Crippen molar-refractivity contribution in [1.82, 2.24) is 10.2 Å². The van der Waals surface area contributed by atoms with Gasteiger partial charge in [-0.2, -0.15) is 0 Å². The number of nitrogens with zero attached hydrogens (tertiary/aromatic N) is 2. The Morgan fingerprint density at radius 1 is 1.25 bits per heavy atom. The molecule has 0 amide bonds. The van der Waals surface area contributed by atoms with Gasteiger partial charge in [-0.1, -0.05) is 18.2 Å². The smallest absolute Gasteiger partial charge is 0.193 e. The average Bonchev–Trinajstić information content (AvgIpc) is 2.68. The third-order valence-corrected chi connectivity index (χ3v) is 4.77. The van der Waals surface area contributed by atoms with Gasteiger partial charge in [0.1, 0.15) is 11.9 Å². The van der Waals surface area contributed by atoms with E-state index in [-0.39, 0.29) is 30.1 Å². The fourth-order valence-corrected chi connectivity index (χ4v) is 3.20. The highest BCUT2D eigenvalue weighted by Crippen LogP contribution is 2.18. The summed E-state index contributed by atoms with van der Waals surface area (Å²) in [7, 11) is 3.56. The number of hydrogen-bond donors (Lipinski definition) is 1. The fraction of sp³-hybridized carbons (Fsp3) is 0.667. The van der Waals surface area contributed by atoms with Crippen molar-refractivity contribution in [3.05, 3.63) is 29.8 Å². The summed E-state index contributed by atoms with van der Waals surface area (Å²) in [4.78, 5) is 6.74. The molecule has 0 aliphatic carbocycles. The first-order valence-electron chi connectivity index (χ1n) is 9.92. The van der Waals surface area contributed by atoms with Crippen molar-refractivity contribution >= 4 is 29.9 Å². The van der Waals surface area contributed by atoms with Crippen molar-refractivity contribution in [3.63, 3.8) is 0 Å². The van der Waals surface area contributed by atoms with Crippen molar-refractivity contribution in [2.75, 3.05) is 47.0 Å². The Balaban J connectivity index is 0.00000392. The first kappa shape index (κ1) is 25.0. The number of halogens is 1. The quantitative estimate of drug-likeness (QED) is 0.241. The van der Waals surface area contributed by atoms with Crippen molar-refractivity contribution in [3.8, 4) is 5.75 Å². The summed E-state index contributed by atoms with van der Waals surface area (Å²) in [5, 5.41) is 3.45. The highest BCUT2D eigenvalue weighted by molar-refractivity contribution is 14.0. The number of guanidine groups is 1. The lowest BCUT2D eigenvalue weighted by Gasteiger charge is -2.34. The maximum atomic E-state index is 6.04. The molecule has 1 atom stereocenters. The molecule has 0 saturated carbocycles. The molecule has 1 N–H and O–H groups in total. The second-order valence-electron chi connectivity index (χ2n) is 7.03. The molecule has 0 radical (unpaired) electrons. The molecule has 1 unspecified atom stereocenters. The number of hydrogen-bond acceptors (Lipinski definition) is 4. The van der Waals surface area contributed by atoms with Gasteiger partial charge in [0, 0.05) is 40.5 Å². The summed E-state index contributed by atoms with van der Waals surface area (Å²) in [5.41, 5.74) is 1.15. The zero-order chi connectivity index (χ0) is 19.5. The summed E-state index contributed by atoms with van der Waals surface area (Å²) in [6.07, 6.45) is 3.42. The topological polar surface area (TPSA) is 55.3 Å². The van der Waals surface area contributed by atoms with Gasteiger partial charge >= 0.3 is 0 Å². The molecule has 1 heterocycles. The standard InChI is InChI=1S/C21H35N3O3.HI/c1-17-8-5-6-9-20(17)27-18(2)16-23-21(22-3)24-12-10-19(11-13-24)26-15-7-14-25-4;/h5-6,8-9,18-19H,7,10-16H2,1-4H3,(H,22,23);1H. The van der Waals surface area contributed by atoms with Gasteiger partial charge in [0.2, 0.25) is 0 Å². The minimum Gasteiger partial charge on any atom is -0.489 e. The predicted octanol–water partition coefficient (Wildman–Crippen LogP) is 3.47. The van der Waals surface area contributed by atoms with E-state index in [0.717, 1.165) is 62.8 Å². The van der Waals surface area contributed by atoms with E-state index in [4.69, 9.17) is 14.2 Å². The Labute approximate surface area is 187 Å². The molecule has 160 valence electrons. The van der Waals surface area contributed by atoms with Gasteiger partial charge < -0.3 is 24.4 Å². The predicted molar refractivity (Wildman–Crippen MR) is 125 cm³/mol. The zero-order valence-electron chi connectivity index (χ0n) is 17.6. The summed E-state index contributed by atoms with van der Waals surface area (Å²) >= 11 is 0. The van der Waals surface area contributed by atoms with Crippen molar-refractivity contribution in [1.29, 1.82) is 0 Å². The second-order valence-corrected chi connectivity index (χ2v) is 7.03. The van der Waals surface area contributed by atoms with Gasteiger partial charge in [-0.15, -0.1) is 24.0 Å². The first-order chi connectivity index (χ1) is 13.1. The van der Waals surface area contributed by atoms with E-state index in [1.165, 1.54) is 0 Å². The van der Waals surface area contributed by atoms with Crippen molar-refractivity contribution in [2.45, 2.75) is 45.3 Å². The second kappa shape index (κ2) is 14.0. The van der Waals surface area contributed by atoms with Crippen molar-refractivity contribution in [2.24, 2.45) is 4.99 Å². The summed E-state index contributed by atoms with van der Waals surface area (Å²) in [5.74, 6) is 1.88. The van der Waals surface area contributed by atoms with Crippen LogP contribution >= 0.6 is 24.0 Å². The normalized spacial score (nSPS) is 16.4. The number of nitrogens with one attached hydrogen (secondary N) is 1. The number of ether oxygens (including phenoxy) is 3. The van der Waals surface area contributed by atoms with E-state index < -0.39 is 0 Å². The van der Waals surface area contributed by atoms with Gasteiger partial charge in [0.05, 0.1) is 12.6 Å². The zero-order valence-corrected chi connectivity index (χ0v) is 20.0. The Morgan fingerprint density at radius 2 is 1.96 bits per heavy atom. The van der Waals surface area contributed by atoms with Gasteiger partial charge in [-0.25, -0.2) is 0 Å². The monoisotopic (exact) mass is 505 g/mol. The van der Waals surface area contributed by atoms with E-state index in [2.05, 4.69) is 35.1 Å². The molecule has 1 aromatic rings. The molecule has 1 aliphatic heterocycles. The van der Waals surface area contributed by atoms with Crippen LogP contribution in [-0.2, 0) is 9.47 Å². The van der Waals surface area contributed by atoms with E-state index >= 15 is 0 Å². The average molecular weight is 505 g/mol. The molecule has 1 aliphatic rings. The van der Waals surface area contributed by atoms with E-state index in [0.29, 0.717) is 12.6 Å². The van der Waals surface area contributed by atoms with Gasteiger partial charge in [-0.05, 0) is 44.7 Å². The number of aryl methyl sites for hydroxylation is 1. The molecular weight excluding hydrogens is 469 g/mol. The Kier molecular flexibility index (Phi) is 12.5. The fourth-order valence-electron chi connectivity index (χ4n) is 3.20. The maximum Gasteiger partial charge on any atom is 0.193 e. The molecule has 0 spiro atoms. The van der Waals surface area contributed by atoms with E-state index in [9.17, 15) is 0 Å². The molecule has 2 rings (SSSR count). The number of aliphatic imine (C=N–C) groups is 1. The Hall–Kier alpha value is -1.06. The molecule has 0 aromatic heterocycles. The Bertz CT molecular complexity index is 578. The molecule has 6 nitrogen and oxygen atoms in total. The van der Waals surface area contributed by atoms with Crippen LogP contribution in [0.15, 0.2) is 29.3 Å². The molecule has 1 aromatic carbocycles. The van der Waals surface area contributed by atoms with Crippen molar-refractivity contribution < 1.29 is 14.2 Å². The third-order valence-electron chi connectivity index (χ3n) is 4.77. The number of likely N-dealkylation sites (tertiary alicyclic amines) is 1. The summed E-state index contributed by atoms with van der Waals surface area (Å²) < 4.78 is 17.0. The number of piperidine rings is 1. The molecule has 0 bridgehead atoms. The summed E-state index contributed by atoms with van der Waals surface area (Å²) in [6, 6.07) is 8.11. The molecule has 1 fully saturated rings. The number of methoxy groups -OCH3 is 1. The van der Waals surface area contributed by atoms with Crippen LogP contribution in [0, 0.1) is 6.92 Å². The Morgan fingerprint density at radius 3 is 2.61 bits per heavy atom. The first-order valence-corrected chi connectivity index (χ1v) is 9.92. The van der Waals surface area contributed by atoms with Crippen LogP contribution in [-0.4, -0.2) is 70.1 Å². The van der Waals surface area contributed by atoms with Gasteiger partial charge in [0.15, 0.2) is 5.96 Å². The maximum absolute atomic E-state index is 6.04. The lowest BCUT2D eigenvalue weighted by Crippen LogP contribution is -2.48. The molecule has 1 saturated heterocycles. The van der Waals surface area contributed by atoms with E-state index in [1.807, 2.05) is 25.2 Å². The molecular formula is C21H36IN3O3. The molecule has 7 heteroatoms. The SMILES string of the molecule is CN=C(NCC(C)Oc1ccccc1C)N1CCC(OCCCOC)CC1.I. The highest BCUT2D eigenvalue weighted by atomic mass is 127. The van der Waals surface area contributed by atoms with Crippen LogP contribution in [0.3, 0.4) is 0 Å². The highest BCUT2D eigenvalue weighted by Gasteiger charge is 2.22. The van der Waals surface area contributed by atoms with Crippen LogP contribution in [0.4, 0.5) is 0 Å². The van der Waals surface area contributed by atoms with E-state index in [1.54, 1.807) is 7.11 Å². The number of rotatable bonds is 9. The van der Waals surface area contributed by atoms with Gasteiger partial charge in [-0.3, -0.25) is 4.99 Å². The van der Waals surface area contributed by atoms with Crippen LogP contribution in [0.25, 0.3) is 0 Å². The van der Waals surface area contributed by atoms with Crippen LogP contribution in [0.5, 0.6) is 5.75 Å². The van der Waals surface area contributed by atoms with Crippen LogP contribution in [0.2, 0.25) is 0 Å². The number of para-hydroxylation sites is 1. The lowest BCUT2D eigenvalue weighted by molar-refractivity contribution is 0.00984. The minimum atomic E-state index is 0. The van der Waals surface area contributed by atoms with Crippen LogP contribution in [0.1, 0.15) is 31.7 Å². The minimum absolute atomic E-state index is 0. The van der Waals surface area contributed by atoms with Crippen LogP contribution < -0.4 is 10.1 Å².